The molecule has 1 spiro atoms. The van der Waals surface area contributed by atoms with E-state index in [1.165, 1.54) is 25.7 Å². The minimum absolute atomic E-state index is 0.203. The first-order chi connectivity index (χ1) is 7.69. The van der Waals surface area contributed by atoms with Crippen molar-refractivity contribution < 1.29 is 4.79 Å². The first kappa shape index (κ1) is 11.6. The molecule has 88 valence electrons. The summed E-state index contributed by atoms with van der Waals surface area (Å²) < 4.78 is 0. The van der Waals surface area contributed by atoms with Crippen molar-refractivity contribution in [1.82, 2.24) is 0 Å². The summed E-state index contributed by atoms with van der Waals surface area (Å²) in [5.74, 6) is 1.09. The summed E-state index contributed by atoms with van der Waals surface area (Å²) in [5, 5.41) is 0. The van der Waals surface area contributed by atoms with E-state index in [0.717, 1.165) is 6.42 Å². The van der Waals surface area contributed by atoms with Crippen molar-refractivity contribution in [3.63, 3.8) is 0 Å². The third kappa shape index (κ3) is 1.88. The number of carbonyl (C=O) groups is 1. The second kappa shape index (κ2) is 4.57. The highest BCUT2D eigenvalue weighted by molar-refractivity contribution is 5.92. The van der Waals surface area contributed by atoms with Crippen LogP contribution in [0.15, 0.2) is 24.3 Å². The summed E-state index contributed by atoms with van der Waals surface area (Å²) in [7, 11) is 0. The number of hydrogen-bond acceptors (Lipinski definition) is 1. The largest absolute Gasteiger partial charge is 0.295 e. The predicted octanol–water partition coefficient (Wildman–Crippen LogP) is 3.90. The standard InChI is InChI=1S/C15H22O/c1-3-7-13(16)14-12(2)8-6-11-15(14)9-4-5-10-15/h3,6-7,11-12,14H,4-5,8-10H2,1-2H3. The summed E-state index contributed by atoms with van der Waals surface area (Å²) in [4.78, 5) is 12.2. The van der Waals surface area contributed by atoms with Crippen LogP contribution in [-0.2, 0) is 4.79 Å². The number of rotatable bonds is 2. The van der Waals surface area contributed by atoms with Gasteiger partial charge in [0.25, 0.3) is 0 Å². The van der Waals surface area contributed by atoms with E-state index in [-0.39, 0.29) is 11.3 Å². The lowest BCUT2D eigenvalue weighted by molar-refractivity contribution is -0.123. The molecule has 2 aliphatic carbocycles. The van der Waals surface area contributed by atoms with Gasteiger partial charge in [-0.25, -0.2) is 0 Å². The molecule has 0 saturated heterocycles. The normalized spacial score (nSPS) is 32.6. The molecule has 0 amide bonds. The molecule has 2 unspecified atom stereocenters. The lowest BCUT2D eigenvalue weighted by atomic mass is 9.63. The van der Waals surface area contributed by atoms with E-state index in [1.54, 1.807) is 6.08 Å². The molecule has 2 atom stereocenters. The zero-order valence-electron chi connectivity index (χ0n) is 10.4. The minimum Gasteiger partial charge on any atom is -0.295 e. The van der Waals surface area contributed by atoms with Gasteiger partial charge in [0.15, 0.2) is 5.78 Å². The zero-order valence-corrected chi connectivity index (χ0v) is 10.4. The molecule has 1 saturated carbocycles. The van der Waals surface area contributed by atoms with Crippen LogP contribution in [0.4, 0.5) is 0 Å². The quantitative estimate of drug-likeness (QED) is 0.507. The highest BCUT2D eigenvalue weighted by Gasteiger charge is 2.45. The van der Waals surface area contributed by atoms with Gasteiger partial charge >= 0.3 is 0 Å². The monoisotopic (exact) mass is 218 g/mol. The fraction of sp³-hybridized carbons (Fsp3) is 0.667. The van der Waals surface area contributed by atoms with Gasteiger partial charge in [-0.3, -0.25) is 4.79 Å². The van der Waals surface area contributed by atoms with Crippen LogP contribution < -0.4 is 0 Å². The Kier molecular flexibility index (Phi) is 3.32. The molecule has 0 aromatic heterocycles. The van der Waals surface area contributed by atoms with E-state index in [1.807, 2.05) is 13.0 Å². The van der Waals surface area contributed by atoms with Crippen LogP contribution in [0.5, 0.6) is 0 Å². The van der Waals surface area contributed by atoms with Gasteiger partial charge in [0.1, 0.15) is 0 Å². The minimum atomic E-state index is 0.203. The summed E-state index contributed by atoms with van der Waals surface area (Å²) >= 11 is 0. The van der Waals surface area contributed by atoms with E-state index < -0.39 is 0 Å². The van der Waals surface area contributed by atoms with E-state index in [4.69, 9.17) is 0 Å². The summed E-state index contributed by atoms with van der Waals surface area (Å²) in [6.45, 7) is 4.16. The van der Waals surface area contributed by atoms with Crippen LogP contribution >= 0.6 is 0 Å². The van der Waals surface area contributed by atoms with Crippen molar-refractivity contribution in [1.29, 1.82) is 0 Å². The molecule has 0 aromatic carbocycles. The Bertz CT molecular complexity index is 318. The second-order valence-corrected chi connectivity index (χ2v) is 5.44. The topological polar surface area (TPSA) is 17.1 Å². The summed E-state index contributed by atoms with van der Waals surface area (Å²) in [6, 6.07) is 0. The molecule has 2 aliphatic rings. The molecule has 2 rings (SSSR count). The first-order valence-corrected chi connectivity index (χ1v) is 6.54. The lowest BCUT2D eigenvalue weighted by Gasteiger charge is -2.40. The molecule has 0 aliphatic heterocycles. The Hall–Kier alpha value is -0.850. The molecule has 0 bridgehead atoms. The van der Waals surface area contributed by atoms with Crippen LogP contribution in [0.1, 0.15) is 46.0 Å². The highest BCUT2D eigenvalue weighted by Crippen LogP contribution is 2.51. The molecular weight excluding hydrogens is 196 g/mol. The molecule has 0 heterocycles. The van der Waals surface area contributed by atoms with Gasteiger partial charge in [-0.15, -0.1) is 0 Å². The van der Waals surface area contributed by atoms with Crippen LogP contribution in [0, 0.1) is 17.3 Å². The van der Waals surface area contributed by atoms with Gasteiger partial charge in [-0.05, 0) is 43.6 Å². The van der Waals surface area contributed by atoms with Gasteiger partial charge in [-0.2, -0.15) is 0 Å². The van der Waals surface area contributed by atoms with E-state index in [2.05, 4.69) is 19.1 Å². The molecule has 1 nitrogen and oxygen atoms in total. The molecule has 0 radical (unpaired) electrons. The van der Waals surface area contributed by atoms with Gasteiger partial charge in [0.05, 0.1) is 0 Å². The lowest BCUT2D eigenvalue weighted by Crippen LogP contribution is -2.38. The van der Waals surface area contributed by atoms with Gasteiger partial charge in [0, 0.05) is 5.92 Å². The molecule has 1 fully saturated rings. The second-order valence-electron chi connectivity index (χ2n) is 5.44. The number of hydrogen-bond donors (Lipinski definition) is 0. The Labute approximate surface area is 98.6 Å². The SMILES string of the molecule is CC=CC(=O)C1C(C)CC=CC12CCCC2. The Morgan fingerprint density at radius 1 is 1.38 bits per heavy atom. The van der Waals surface area contributed by atoms with Gasteiger partial charge in [0.2, 0.25) is 0 Å². The average Bonchev–Trinajstić information content (AvgIpc) is 2.67. The maximum Gasteiger partial charge on any atom is 0.159 e. The van der Waals surface area contributed by atoms with Crippen LogP contribution in [0.2, 0.25) is 0 Å². The molecule has 16 heavy (non-hydrogen) atoms. The predicted molar refractivity (Wildman–Crippen MR) is 67.1 cm³/mol. The van der Waals surface area contributed by atoms with Gasteiger partial charge < -0.3 is 0 Å². The summed E-state index contributed by atoms with van der Waals surface area (Å²) in [5.41, 5.74) is 0.203. The maximum absolute atomic E-state index is 12.2. The molecule has 0 aromatic rings. The maximum atomic E-state index is 12.2. The molecular formula is C15H22O. The number of carbonyl (C=O) groups excluding carboxylic acids is 1. The van der Waals surface area contributed by atoms with E-state index in [0.29, 0.717) is 11.7 Å². The fourth-order valence-electron chi connectivity index (χ4n) is 3.67. The van der Waals surface area contributed by atoms with Crippen LogP contribution in [0.3, 0.4) is 0 Å². The highest BCUT2D eigenvalue weighted by atomic mass is 16.1. The molecule has 1 heteroatoms. The first-order valence-electron chi connectivity index (χ1n) is 6.54. The van der Waals surface area contributed by atoms with Crippen LogP contribution in [-0.4, -0.2) is 5.78 Å². The van der Waals surface area contributed by atoms with Crippen molar-refractivity contribution in [3.05, 3.63) is 24.3 Å². The third-order valence-electron chi connectivity index (χ3n) is 4.32. The van der Waals surface area contributed by atoms with Crippen molar-refractivity contribution in [2.75, 3.05) is 0 Å². The zero-order chi connectivity index (χ0) is 11.6. The fourth-order valence-corrected chi connectivity index (χ4v) is 3.67. The van der Waals surface area contributed by atoms with E-state index in [9.17, 15) is 4.79 Å². The Morgan fingerprint density at radius 2 is 2.06 bits per heavy atom. The average molecular weight is 218 g/mol. The van der Waals surface area contributed by atoms with Gasteiger partial charge in [-0.1, -0.05) is 38.0 Å². The molecule has 0 N–H and O–H groups in total. The smallest absolute Gasteiger partial charge is 0.159 e. The van der Waals surface area contributed by atoms with E-state index >= 15 is 0 Å². The Balaban J connectivity index is 2.30. The van der Waals surface area contributed by atoms with Crippen molar-refractivity contribution in [2.24, 2.45) is 17.3 Å². The number of allylic oxidation sites excluding steroid dienone is 4. The third-order valence-corrected chi connectivity index (χ3v) is 4.32. The van der Waals surface area contributed by atoms with Crippen molar-refractivity contribution in [3.8, 4) is 0 Å². The summed E-state index contributed by atoms with van der Waals surface area (Å²) in [6.07, 6.45) is 14.4. The number of ketones is 1. The van der Waals surface area contributed by atoms with Crippen molar-refractivity contribution >= 4 is 5.78 Å². The Morgan fingerprint density at radius 3 is 2.69 bits per heavy atom. The van der Waals surface area contributed by atoms with Crippen molar-refractivity contribution in [2.45, 2.75) is 46.0 Å². The van der Waals surface area contributed by atoms with Crippen LogP contribution in [0.25, 0.3) is 0 Å².